The third-order valence-corrected chi connectivity index (χ3v) is 4.68. The number of nitrogens with zero attached hydrogens (tertiary/aromatic N) is 1. The van der Waals surface area contributed by atoms with E-state index in [1.807, 2.05) is 44.0 Å². The van der Waals surface area contributed by atoms with Gasteiger partial charge in [0.15, 0.2) is 6.10 Å². The summed E-state index contributed by atoms with van der Waals surface area (Å²) in [7, 11) is 1.96. The summed E-state index contributed by atoms with van der Waals surface area (Å²) in [4.78, 5) is 14.5. The number of aryl methyl sites for hydroxylation is 1. The second-order valence-corrected chi connectivity index (χ2v) is 6.90. The monoisotopic (exact) mass is 368 g/mol. The number of piperidine rings is 1. The van der Waals surface area contributed by atoms with Crippen LogP contribution in [-0.4, -0.2) is 43.6 Å². The highest BCUT2D eigenvalue weighted by Gasteiger charge is 2.27. The smallest absolute Gasteiger partial charge is 0.263 e. The van der Waals surface area contributed by atoms with Gasteiger partial charge in [0.25, 0.3) is 5.91 Å². The first-order valence-electron chi connectivity index (χ1n) is 7.87. The number of ether oxygens (including phenoxy) is 1. The Kier molecular flexibility index (Phi) is 6.26. The van der Waals surface area contributed by atoms with Gasteiger partial charge in [0.1, 0.15) is 5.75 Å². The van der Waals surface area contributed by atoms with Crippen molar-refractivity contribution in [2.24, 2.45) is 5.92 Å². The molecule has 0 bridgehead atoms. The maximum absolute atomic E-state index is 12.6. The predicted molar refractivity (Wildman–Crippen MR) is 92.2 cm³/mol. The van der Waals surface area contributed by atoms with Gasteiger partial charge < -0.3 is 15.0 Å². The summed E-state index contributed by atoms with van der Waals surface area (Å²) in [5.41, 5.74) is 1.16. The van der Waals surface area contributed by atoms with Gasteiger partial charge in [-0.15, -0.1) is 0 Å². The molecule has 1 aliphatic heterocycles. The topological polar surface area (TPSA) is 41.6 Å². The van der Waals surface area contributed by atoms with Crippen molar-refractivity contribution in [3.8, 4) is 5.75 Å². The van der Waals surface area contributed by atoms with E-state index in [1.54, 1.807) is 0 Å². The third kappa shape index (κ3) is 4.46. The largest absolute Gasteiger partial charge is 0.480 e. The molecule has 4 nitrogen and oxygen atoms in total. The minimum atomic E-state index is -0.465. The van der Waals surface area contributed by atoms with Crippen LogP contribution in [0.1, 0.15) is 25.3 Å². The molecule has 1 aliphatic rings. The highest BCUT2D eigenvalue weighted by Crippen LogP contribution is 2.27. The molecule has 1 heterocycles. The van der Waals surface area contributed by atoms with Crippen LogP contribution in [0.3, 0.4) is 0 Å². The number of hydrogen-bond donors (Lipinski definition) is 1. The zero-order valence-electron chi connectivity index (χ0n) is 13.6. The Hall–Kier alpha value is -1.07. The molecule has 1 amide bonds. The van der Waals surface area contributed by atoms with Gasteiger partial charge in [0.2, 0.25) is 0 Å². The summed E-state index contributed by atoms with van der Waals surface area (Å²) in [6, 6.07) is 5.89. The third-order valence-electron chi connectivity index (χ3n) is 4.06. The molecule has 0 aromatic heterocycles. The zero-order valence-corrected chi connectivity index (χ0v) is 15.1. The van der Waals surface area contributed by atoms with Crippen LogP contribution < -0.4 is 10.1 Å². The highest BCUT2D eigenvalue weighted by atomic mass is 79.9. The number of carbonyl (C=O) groups is 1. The summed E-state index contributed by atoms with van der Waals surface area (Å²) < 4.78 is 6.74. The minimum Gasteiger partial charge on any atom is -0.480 e. The van der Waals surface area contributed by atoms with Crippen LogP contribution in [-0.2, 0) is 4.79 Å². The molecule has 2 atom stereocenters. The molecule has 122 valence electrons. The van der Waals surface area contributed by atoms with Crippen molar-refractivity contribution in [3.63, 3.8) is 0 Å². The molecule has 22 heavy (non-hydrogen) atoms. The van der Waals surface area contributed by atoms with Gasteiger partial charge in [-0.05, 0) is 79.8 Å². The molecule has 1 fully saturated rings. The van der Waals surface area contributed by atoms with Gasteiger partial charge in [0, 0.05) is 13.1 Å². The number of halogens is 1. The molecule has 0 saturated carbocycles. The molecule has 1 N–H and O–H groups in total. The molecular formula is C17H25BrN2O2. The summed E-state index contributed by atoms with van der Waals surface area (Å²) in [5.74, 6) is 1.34. The van der Waals surface area contributed by atoms with Crippen molar-refractivity contribution in [2.75, 3.05) is 26.7 Å². The number of carbonyl (C=O) groups excluding carboxylic acids is 1. The number of hydrogen-bond acceptors (Lipinski definition) is 3. The lowest BCUT2D eigenvalue weighted by molar-refractivity contribution is -0.139. The summed E-state index contributed by atoms with van der Waals surface area (Å²) in [5, 5.41) is 3.20. The minimum absolute atomic E-state index is 0.0771. The van der Waals surface area contributed by atoms with Crippen molar-refractivity contribution in [3.05, 3.63) is 28.2 Å². The fraction of sp³-hybridized carbons (Fsp3) is 0.588. The van der Waals surface area contributed by atoms with E-state index in [1.165, 1.54) is 6.42 Å². The fourth-order valence-electron chi connectivity index (χ4n) is 2.92. The van der Waals surface area contributed by atoms with Crippen LogP contribution in [0, 0.1) is 12.8 Å². The molecule has 1 aromatic carbocycles. The predicted octanol–water partition coefficient (Wildman–Crippen LogP) is 2.98. The van der Waals surface area contributed by atoms with Crippen LogP contribution in [0.25, 0.3) is 0 Å². The van der Waals surface area contributed by atoms with E-state index < -0.39 is 6.10 Å². The van der Waals surface area contributed by atoms with E-state index in [4.69, 9.17) is 4.74 Å². The van der Waals surface area contributed by atoms with Crippen LogP contribution in [0.5, 0.6) is 5.75 Å². The Labute approximate surface area is 141 Å². The van der Waals surface area contributed by atoms with E-state index in [2.05, 4.69) is 21.2 Å². The molecular weight excluding hydrogens is 344 g/mol. The number of nitrogens with one attached hydrogen (secondary N) is 1. The van der Waals surface area contributed by atoms with Crippen molar-refractivity contribution >= 4 is 21.8 Å². The lowest BCUT2D eigenvalue weighted by atomic mass is 9.97. The molecule has 0 unspecified atom stereocenters. The average Bonchev–Trinajstić information content (AvgIpc) is 2.50. The van der Waals surface area contributed by atoms with Crippen LogP contribution in [0.4, 0.5) is 0 Å². The molecule has 1 saturated heterocycles. The second kappa shape index (κ2) is 7.97. The molecule has 5 heteroatoms. The Morgan fingerprint density at radius 1 is 1.55 bits per heavy atom. The second-order valence-electron chi connectivity index (χ2n) is 6.04. The van der Waals surface area contributed by atoms with Crippen molar-refractivity contribution < 1.29 is 9.53 Å². The molecule has 0 spiro atoms. The van der Waals surface area contributed by atoms with E-state index in [0.29, 0.717) is 5.92 Å². The Bertz CT molecular complexity index is 519. The van der Waals surface area contributed by atoms with Crippen molar-refractivity contribution in [1.82, 2.24) is 10.2 Å². The van der Waals surface area contributed by atoms with Gasteiger partial charge in [-0.3, -0.25) is 4.79 Å². The van der Waals surface area contributed by atoms with Gasteiger partial charge >= 0.3 is 0 Å². The quantitative estimate of drug-likeness (QED) is 0.868. The number of benzene rings is 1. The Morgan fingerprint density at radius 3 is 3.00 bits per heavy atom. The first-order chi connectivity index (χ1) is 10.5. The standard InChI is InChI=1S/C17H25BrN2O2/c1-12-6-7-16(15(18)9-12)22-13(2)17(21)20-8-4-5-14(11-20)10-19-3/h6-7,9,13-14,19H,4-5,8,10-11H2,1-3H3/t13-,14-/m1/s1. The Balaban J connectivity index is 1.96. The van der Waals surface area contributed by atoms with Gasteiger partial charge in [-0.25, -0.2) is 0 Å². The van der Waals surface area contributed by atoms with E-state index >= 15 is 0 Å². The van der Waals surface area contributed by atoms with E-state index in [-0.39, 0.29) is 5.91 Å². The van der Waals surface area contributed by atoms with Crippen molar-refractivity contribution in [1.29, 1.82) is 0 Å². The highest BCUT2D eigenvalue weighted by molar-refractivity contribution is 9.10. The first-order valence-corrected chi connectivity index (χ1v) is 8.66. The SMILES string of the molecule is CNC[C@H]1CCCN(C(=O)[C@@H](C)Oc2ccc(C)cc2Br)C1. The first kappa shape index (κ1) is 17.3. The van der Waals surface area contributed by atoms with Gasteiger partial charge in [-0.1, -0.05) is 6.07 Å². The number of rotatable bonds is 5. The lowest BCUT2D eigenvalue weighted by Crippen LogP contribution is -2.47. The summed E-state index contributed by atoms with van der Waals surface area (Å²) in [6.07, 6.45) is 1.79. The number of amides is 1. The van der Waals surface area contributed by atoms with Gasteiger partial charge in [0.05, 0.1) is 4.47 Å². The average molecular weight is 369 g/mol. The van der Waals surface area contributed by atoms with E-state index in [9.17, 15) is 4.79 Å². The van der Waals surface area contributed by atoms with Crippen LogP contribution >= 0.6 is 15.9 Å². The zero-order chi connectivity index (χ0) is 16.1. The maximum atomic E-state index is 12.6. The fourth-order valence-corrected chi connectivity index (χ4v) is 3.51. The van der Waals surface area contributed by atoms with Crippen LogP contribution in [0.2, 0.25) is 0 Å². The lowest BCUT2D eigenvalue weighted by Gasteiger charge is -2.34. The number of likely N-dealkylation sites (tertiary alicyclic amines) is 1. The summed E-state index contributed by atoms with van der Waals surface area (Å²) >= 11 is 3.49. The maximum Gasteiger partial charge on any atom is 0.263 e. The van der Waals surface area contributed by atoms with E-state index in [0.717, 1.165) is 41.8 Å². The summed E-state index contributed by atoms with van der Waals surface area (Å²) in [6.45, 7) is 6.47. The van der Waals surface area contributed by atoms with Crippen LogP contribution in [0.15, 0.2) is 22.7 Å². The van der Waals surface area contributed by atoms with Gasteiger partial charge in [-0.2, -0.15) is 0 Å². The molecule has 0 aliphatic carbocycles. The van der Waals surface area contributed by atoms with Crippen molar-refractivity contribution in [2.45, 2.75) is 32.8 Å². The Morgan fingerprint density at radius 2 is 2.32 bits per heavy atom. The molecule has 2 rings (SSSR count). The normalized spacial score (nSPS) is 19.8. The molecule has 1 aromatic rings. The molecule has 0 radical (unpaired) electrons.